The third-order valence-corrected chi connectivity index (χ3v) is 2.34. The van der Waals surface area contributed by atoms with Gasteiger partial charge in [-0.25, -0.2) is 13.5 Å². The number of sulfonamides is 1. The molecule has 9 nitrogen and oxygen atoms in total. The maximum atomic E-state index is 11.1. The van der Waals surface area contributed by atoms with E-state index in [-0.39, 0.29) is 12.0 Å². The Balaban J connectivity index is 2.73. The average molecular weight is 236 g/mol. The largest absolute Gasteiger partial charge is 0.480 e. The molecule has 0 saturated carbocycles. The number of hydrogen-bond donors (Lipinski definition) is 3. The molecular weight excluding hydrogens is 228 g/mol. The van der Waals surface area contributed by atoms with E-state index < -0.39 is 21.7 Å². The normalized spacial score (nSPS) is 11.0. The summed E-state index contributed by atoms with van der Waals surface area (Å²) in [5.41, 5.74) is 0. The van der Waals surface area contributed by atoms with Gasteiger partial charge in [-0.1, -0.05) is 0 Å². The van der Waals surface area contributed by atoms with Crippen molar-refractivity contribution in [2.45, 2.75) is 0 Å². The van der Waals surface area contributed by atoms with E-state index in [2.05, 4.69) is 19.9 Å². The van der Waals surface area contributed by atoms with Crippen LogP contribution in [0.15, 0.2) is 0 Å². The van der Waals surface area contributed by atoms with Gasteiger partial charge < -0.3 is 9.84 Å². The highest BCUT2D eigenvalue weighted by molar-refractivity contribution is 7.93. The summed E-state index contributed by atoms with van der Waals surface area (Å²) in [6, 6.07) is -0.0528. The molecule has 0 saturated heterocycles. The number of H-pyrrole nitrogens is 1. The zero-order chi connectivity index (χ0) is 11.5. The summed E-state index contributed by atoms with van der Waals surface area (Å²) in [5.74, 6) is -2.71. The number of rotatable bonds is 5. The molecule has 0 fully saturated rings. The van der Waals surface area contributed by atoms with Gasteiger partial charge in [0.1, 0.15) is 0 Å². The van der Waals surface area contributed by atoms with Crippen LogP contribution in [0.1, 0.15) is 0 Å². The molecule has 10 heteroatoms. The Bertz CT molecular complexity index is 452. The van der Waals surface area contributed by atoms with E-state index in [0.29, 0.717) is 0 Å². The van der Waals surface area contributed by atoms with Crippen LogP contribution < -0.4 is 9.46 Å². The fourth-order valence-corrected chi connectivity index (χ4v) is 1.51. The summed E-state index contributed by atoms with van der Waals surface area (Å²) in [7, 11) is -2.66. The molecule has 3 N–H and O–H groups in total. The van der Waals surface area contributed by atoms with E-state index >= 15 is 0 Å². The van der Waals surface area contributed by atoms with E-state index in [0.717, 1.165) is 0 Å². The molecule has 84 valence electrons. The highest BCUT2D eigenvalue weighted by Crippen LogP contribution is 2.06. The van der Waals surface area contributed by atoms with Crippen LogP contribution >= 0.6 is 0 Å². The van der Waals surface area contributed by atoms with E-state index in [1.54, 1.807) is 0 Å². The van der Waals surface area contributed by atoms with Gasteiger partial charge in [0.15, 0.2) is 5.75 Å². The number of carboxylic acid groups (broad SMARTS) is 1. The van der Waals surface area contributed by atoms with Crippen molar-refractivity contribution in [3.05, 3.63) is 0 Å². The molecule has 0 unspecified atom stereocenters. The molecule has 15 heavy (non-hydrogen) atoms. The zero-order valence-electron chi connectivity index (χ0n) is 7.59. The van der Waals surface area contributed by atoms with Gasteiger partial charge in [-0.3, -0.25) is 9.52 Å². The number of ether oxygens (including phenoxy) is 1. The molecule has 1 aromatic rings. The lowest BCUT2D eigenvalue weighted by Gasteiger charge is -2.00. The Morgan fingerprint density at radius 2 is 2.33 bits per heavy atom. The molecule has 0 atom stereocenters. The van der Waals surface area contributed by atoms with Crippen molar-refractivity contribution >= 4 is 21.9 Å². The molecule has 1 rings (SSSR count). The lowest BCUT2D eigenvalue weighted by Crippen LogP contribution is -2.22. The molecule has 0 amide bonds. The number of aromatic amines is 1. The highest BCUT2D eigenvalue weighted by Gasteiger charge is 2.17. The summed E-state index contributed by atoms with van der Waals surface area (Å²) in [4.78, 5) is 13.7. The van der Waals surface area contributed by atoms with Crippen molar-refractivity contribution in [1.29, 1.82) is 0 Å². The Morgan fingerprint density at radius 3 is 2.80 bits per heavy atom. The van der Waals surface area contributed by atoms with E-state index in [1.165, 1.54) is 7.11 Å². The minimum atomic E-state index is -3.97. The van der Waals surface area contributed by atoms with E-state index in [4.69, 9.17) is 5.11 Å². The minimum absolute atomic E-state index is 0.0528. The van der Waals surface area contributed by atoms with Crippen LogP contribution in [0.4, 0.5) is 5.95 Å². The first-order chi connectivity index (χ1) is 6.93. The molecule has 0 aromatic carbocycles. The number of carboxylic acids is 1. The topological polar surface area (TPSA) is 134 Å². The quantitative estimate of drug-likeness (QED) is 0.574. The number of aromatic nitrogens is 3. The second-order valence-corrected chi connectivity index (χ2v) is 4.15. The Hall–Kier alpha value is -1.84. The van der Waals surface area contributed by atoms with E-state index in [1.807, 2.05) is 4.72 Å². The van der Waals surface area contributed by atoms with Crippen molar-refractivity contribution in [3.63, 3.8) is 0 Å². The summed E-state index contributed by atoms with van der Waals surface area (Å²) < 4.78 is 28.6. The standard InChI is InChI=1S/C5H8N4O5S/c1-14-5-6-4(7-8-5)9-15(12,13)2-3(10)11/h2H2,1H3,(H,10,11)(H2,6,7,8,9). The fourth-order valence-electron chi connectivity index (χ4n) is 0.729. The van der Waals surface area contributed by atoms with Gasteiger partial charge in [-0.05, 0) is 0 Å². The smallest absolute Gasteiger partial charge is 0.336 e. The SMILES string of the molecule is COc1n[nH]c(NS(=O)(=O)CC(=O)O)n1. The third-order valence-electron chi connectivity index (χ3n) is 1.21. The summed E-state index contributed by atoms with van der Waals surface area (Å²) in [6.07, 6.45) is 0. The number of aliphatic carboxylic acids is 1. The van der Waals surface area contributed by atoms with Gasteiger partial charge in [-0.2, -0.15) is 4.98 Å². The fraction of sp³-hybridized carbons (Fsp3) is 0.400. The molecule has 0 spiro atoms. The first-order valence-corrected chi connectivity index (χ1v) is 5.27. The van der Waals surface area contributed by atoms with Gasteiger partial charge >= 0.3 is 12.0 Å². The third kappa shape index (κ3) is 3.42. The number of nitrogens with one attached hydrogen (secondary N) is 2. The Labute approximate surface area is 84.5 Å². The second-order valence-electron chi connectivity index (χ2n) is 2.43. The van der Waals surface area contributed by atoms with Gasteiger partial charge in [0, 0.05) is 0 Å². The molecule has 0 aliphatic carbocycles. The maximum Gasteiger partial charge on any atom is 0.336 e. The van der Waals surface area contributed by atoms with Gasteiger partial charge in [0.25, 0.3) is 0 Å². The summed E-state index contributed by atoms with van der Waals surface area (Å²) in [6.45, 7) is 0. The number of nitrogens with zero attached hydrogens (tertiary/aromatic N) is 2. The van der Waals surface area contributed by atoms with Gasteiger partial charge in [0.05, 0.1) is 7.11 Å². The van der Waals surface area contributed by atoms with Crippen LogP contribution in [-0.2, 0) is 14.8 Å². The second kappa shape index (κ2) is 4.13. The van der Waals surface area contributed by atoms with Crippen LogP contribution in [0.5, 0.6) is 6.01 Å². The minimum Gasteiger partial charge on any atom is -0.480 e. The molecule has 1 aromatic heterocycles. The molecule has 0 aliphatic heterocycles. The van der Waals surface area contributed by atoms with Crippen molar-refractivity contribution in [2.24, 2.45) is 0 Å². The molecular formula is C5H8N4O5S. The number of methoxy groups -OCH3 is 1. The average Bonchev–Trinajstić information content (AvgIpc) is 2.48. The predicted molar refractivity (Wildman–Crippen MR) is 48.0 cm³/mol. The number of anilines is 1. The predicted octanol–water partition coefficient (Wildman–Crippen LogP) is -1.36. The first kappa shape index (κ1) is 11.2. The maximum absolute atomic E-state index is 11.1. The summed E-state index contributed by atoms with van der Waals surface area (Å²) >= 11 is 0. The lowest BCUT2D eigenvalue weighted by atomic mass is 10.8. The highest BCUT2D eigenvalue weighted by atomic mass is 32.2. The van der Waals surface area contributed by atoms with Crippen molar-refractivity contribution in [1.82, 2.24) is 15.2 Å². The van der Waals surface area contributed by atoms with Crippen molar-refractivity contribution < 1.29 is 23.1 Å². The van der Waals surface area contributed by atoms with Crippen LogP contribution in [0.25, 0.3) is 0 Å². The monoisotopic (exact) mass is 236 g/mol. The Morgan fingerprint density at radius 1 is 1.67 bits per heavy atom. The van der Waals surface area contributed by atoms with Crippen LogP contribution in [-0.4, -0.2) is 47.5 Å². The number of carbonyl (C=O) groups is 1. The van der Waals surface area contributed by atoms with Crippen LogP contribution in [0.3, 0.4) is 0 Å². The van der Waals surface area contributed by atoms with Crippen LogP contribution in [0, 0.1) is 0 Å². The van der Waals surface area contributed by atoms with Crippen molar-refractivity contribution in [3.8, 4) is 6.01 Å². The first-order valence-electron chi connectivity index (χ1n) is 3.61. The van der Waals surface area contributed by atoms with E-state index in [9.17, 15) is 13.2 Å². The van der Waals surface area contributed by atoms with Crippen molar-refractivity contribution in [2.75, 3.05) is 17.6 Å². The molecule has 0 bridgehead atoms. The summed E-state index contributed by atoms with van der Waals surface area (Å²) in [5, 5.41) is 14.0. The molecule has 0 aliphatic rings. The molecule has 0 radical (unpaired) electrons. The molecule has 1 heterocycles. The lowest BCUT2D eigenvalue weighted by molar-refractivity contribution is -0.134. The van der Waals surface area contributed by atoms with Gasteiger partial charge in [0.2, 0.25) is 16.0 Å². The van der Waals surface area contributed by atoms with Crippen LogP contribution in [0.2, 0.25) is 0 Å². The number of hydrogen-bond acceptors (Lipinski definition) is 6. The zero-order valence-corrected chi connectivity index (χ0v) is 8.41. The Kier molecular flexibility index (Phi) is 3.09. The van der Waals surface area contributed by atoms with Gasteiger partial charge in [-0.15, -0.1) is 5.10 Å².